The molecule has 1 atom stereocenters. The Morgan fingerprint density at radius 3 is 2.63 bits per heavy atom. The van der Waals surface area contributed by atoms with Crippen LogP contribution in [0.25, 0.3) is 0 Å². The van der Waals surface area contributed by atoms with Crippen LogP contribution >= 0.6 is 22.9 Å². The monoisotopic (exact) mass is 298 g/mol. The summed E-state index contributed by atoms with van der Waals surface area (Å²) in [7, 11) is 0. The van der Waals surface area contributed by atoms with Crippen LogP contribution in [0.4, 0.5) is 4.39 Å². The van der Waals surface area contributed by atoms with Crippen molar-refractivity contribution in [2.24, 2.45) is 5.84 Å². The largest absolute Gasteiger partial charge is 0.271 e. The fraction of sp³-hybridized carbons (Fsp3) is 0.286. The topological polar surface area (TPSA) is 38.0 Å². The van der Waals surface area contributed by atoms with Crippen LogP contribution in [0, 0.1) is 5.82 Å². The smallest absolute Gasteiger partial charge is 0.124 e. The van der Waals surface area contributed by atoms with Gasteiger partial charge in [-0.2, -0.15) is 0 Å². The summed E-state index contributed by atoms with van der Waals surface area (Å²) in [5.74, 6) is 5.26. The zero-order valence-electron chi connectivity index (χ0n) is 10.6. The van der Waals surface area contributed by atoms with Crippen LogP contribution in [0.5, 0.6) is 0 Å². The van der Waals surface area contributed by atoms with Crippen molar-refractivity contribution < 1.29 is 4.39 Å². The summed E-state index contributed by atoms with van der Waals surface area (Å²) in [5, 5.41) is 0.398. The van der Waals surface area contributed by atoms with Gasteiger partial charge in [0.05, 0.1) is 6.04 Å². The predicted molar refractivity (Wildman–Crippen MR) is 78.9 cm³/mol. The lowest BCUT2D eigenvalue weighted by atomic mass is 10.0. The van der Waals surface area contributed by atoms with Crippen molar-refractivity contribution in [3.8, 4) is 0 Å². The second-order valence-electron chi connectivity index (χ2n) is 4.31. The molecule has 2 nitrogen and oxygen atoms in total. The normalized spacial score (nSPS) is 12.6. The van der Waals surface area contributed by atoms with Crippen molar-refractivity contribution in [3.05, 3.63) is 56.5 Å². The van der Waals surface area contributed by atoms with Crippen LogP contribution in [0.3, 0.4) is 0 Å². The number of aryl methyl sites for hydroxylation is 1. The fourth-order valence-electron chi connectivity index (χ4n) is 1.97. The number of hydrazine groups is 1. The summed E-state index contributed by atoms with van der Waals surface area (Å²) in [4.78, 5) is 2.58. The lowest BCUT2D eigenvalue weighted by Gasteiger charge is -2.17. The fourth-order valence-corrected chi connectivity index (χ4v) is 3.27. The van der Waals surface area contributed by atoms with Gasteiger partial charge in [0.2, 0.25) is 0 Å². The summed E-state index contributed by atoms with van der Waals surface area (Å²) >= 11 is 7.84. The van der Waals surface area contributed by atoms with Gasteiger partial charge in [0.15, 0.2) is 0 Å². The number of halogens is 2. The molecule has 0 amide bonds. The van der Waals surface area contributed by atoms with Crippen LogP contribution in [0.15, 0.2) is 30.3 Å². The molecule has 1 aromatic carbocycles. The molecule has 0 spiro atoms. The maximum Gasteiger partial charge on any atom is 0.124 e. The lowest BCUT2D eigenvalue weighted by Crippen LogP contribution is -2.29. The van der Waals surface area contributed by atoms with Crippen molar-refractivity contribution in [2.45, 2.75) is 25.8 Å². The molecular weight excluding hydrogens is 283 g/mol. The van der Waals surface area contributed by atoms with Crippen molar-refractivity contribution in [1.82, 2.24) is 5.43 Å². The summed E-state index contributed by atoms with van der Waals surface area (Å²) in [6.07, 6.45) is 1.77. The number of rotatable bonds is 5. The van der Waals surface area contributed by atoms with Gasteiger partial charge >= 0.3 is 0 Å². The molecule has 0 aliphatic rings. The minimum Gasteiger partial charge on any atom is -0.271 e. The second kappa shape index (κ2) is 6.48. The van der Waals surface area contributed by atoms with Crippen molar-refractivity contribution in [1.29, 1.82) is 0 Å². The first kappa shape index (κ1) is 14.5. The van der Waals surface area contributed by atoms with Gasteiger partial charge in [0.1, 0.15) is 5.82 Å². The molecule has 102 valence electrons. The lowest BCUT2D eigenvalue weighted by molar-refractivity contribution is 0.553. The Bertz CT molecular complexity index is 556. The van der Waals surface area contributed by atoms with Gasteiger partial charge in [-0.1, -0.05) is 24.6 Å². The van der Waals surface area contributed by atoms with E-state index in [-0.39, 0.29) is 11.9 Å². The Morgan fingerprint density at radius 2 is 2.05 bits per heavy atom. The molecule has 0 saturated heterocycles. The van der Waals surface area contributed by atoms with Crippen LogP contribution in [0.2, 0.25) is 5.02 Å². The molecule has 0 fully saturated rings. The maximum absolute atomic E-state index is 13.1. The Hall–Kier alpha value is -0.940. The number of nitrogens with one attached hydrogen (secondary N) is 1. The highest BCUT2D eigenvalue weighted by Crippen LogP contribution is 2.28. The molecular formula is C14H16ClFN2S. The molecule has 3 N–H and O–H groups in total. The highest BCUT2D eigenvalue weighted by Gasteiger charge is 2.15. The first-order chi connectivity index (χ1) is 9.13. The molecule has 1 aromatic heterocycles. The summed E-state index contributed by atoms with van der Waals surface area (Å²) in [6, 6.07) is 8.50. The molecule has 2 aromatic rings. The summed E-state index contributed by atoms with van der Waals surface area (Å²) < 4.78 is 13.1. The van der Waals surface area contributed by atoms with Gasteiger partial charge in [0.25, 0.3) is 0 Å². The zero-order valence-corrected chi connectivity index (χ0v) is 12.2. The molecule has 19 heavy (non-hydrogen) atoms. The average Bonchev–Trinajstić information content (AvgIpc) is 2.84. The molecule has 1 unspecified atom stereocenters. The standard InChI is InChI=1S/C14H16ClFN2S/c1-2-10-4-5-11(19-10)8-14(18-17)12-6-3-9(16)7-13(12)15/h3-7,14,18H,2,8,17H2,1H3. The number of hydrogen-bond acceptors (Lipinski definition) is 3. The number of benzene rings is 1. The third-order valence-electron chi connectivity index (χ3n) is 3.01. The number of hydrogen-bond donors (Lipinski definition) is 2. The first-order valence-corrected chi connectivity index (χ1v) is 7.32. The average molecular weight is 299 g/mol. The van der Waals surface area contributed by atoms with Gasteiger partial charge in [-0.15, -0.1) is 11.3 Å². The molecule has 0 aliphatic heterocycles. The van der Waals surface area contributed by atoms with Gasteiger partial charge in [-0.05, 0) is 36.2 Å². The maximum atomic E-state index is 13.1. The van der Waals surface area contributed by atoms with Gasteiger partial charge in [-0.3, -0.25) is 11.3 Å². The molecule has 1 heterocycles. The molecule has 5 heteroatoms. The molecule has 2 rings (SSSR count). The van der Waals surface area contributed by atoms with E-state index in [9.17, 15) is 4.39 Å². The second-order valence-corrected chi connectivity index (χ2v) is 5.97. The summed E-state index contributed by atoms with van der Waals surface area (Å²) in [5.41, 5.74) is 3.57. The molecule has 0 radical (unpaired) electrons. The van der Waals surface area contributed by atoms with Crippen LogP contribution in [-0.2, 0) is 12.8 Å². The highest BCUT2D eigenvalue weighted by molar-refractivity contribution is 7.11. The molecule has 0 saturated carbocycles. The van der Waals surface area contributed by atoms with Crippen LogP contribution in [0.1, 0.15) is 28.3 Å². The molecule has 0 aliphatic carbocycles. The van der Waals surface area contributed by atoms with E-state index in [1.54, 1.807) is 17.4 Å². The van der Waals surface area contributed by atoms with E-state index in [0.717, 1.165) is 18.4 Å². The number of nitrogens with two attached hydrogens (primary N) is 1. The van der Waals surface area contributed by atoms with E-state index in [2.05, 4.69) is 24.5 Å². The van der Waals surface area contributed by atoms with E-state index in [0.29, 0.717) is 5.02 Å². The Morgan fingerprint density at radius 1 is 1.32 bits per heavy atom. The number of thiophene rings is 1. The Balaban J connectivity index is 2.19. The third-order valence-corrected chi connectivity index (χ3v) is 4.59. The minimum absolute atomic E-state index is 0.114. The predicted octanol–water partition coefficient (Wildman–Crippen LogP) is 3.85. The summed E-state index contributed by atoms with van der Waals surface area (Å²) in [6.45, 7) is 2.13. The van der Waals surface area contributed by atoms with E-state index < -0.39 is 0 Å². The van der Waals surface area contributed by atoms with E-state index >= 15 is 0 Å². The van der Waals surface area contributed by atoms with Crippen LogP contribution < -0.4 is 11.3 Å². The van der Waals surface area contributed by atoms with E-state index in [1.807, 2.05) is 0 Å². The Kier molecular flexibility index (Phi) is 4.93. The first-order valence-electron chi connectivity index (χ1n) is 6.12. The molecule has 0 bridgehead atoms. The quantitative estimate of drug-likeness (QED) is 0.650. The van der Waals surface area contributed by atoms with Crippen molar-refractivity contribution in [3.63, 3.8) is 0 Å². The van der Waals surface area contributed by atoms with Crippen LogP contribution in [-0.4, -0.2) is 0 Å². The minimum atomic E-state index is -0.339. The van der Waals surface area contributed by atoms with Gasteiger partial charge in [-0.25, -0.2) is 4.39 Å². The van der Waals surface area contributed by atoms with Crippen molar-refractivity contribution >= 4 is 22.9 Å². The van der Waals surface area contributed by atoms with E-state index in [1.165, 1.54) is 21.9 Å². The van der Waals surface area contributed by atoms with Gasteiger partial charge in [0, 0.05) is 21.2 Å². The SMILES string of the molecule is CCc1ccc(CC(NN)c2ccc(F)cc2Cl)s1. The van der Waals surface area contributed by atoms with Crippen molar-refractivity contribution in [2.75, 3.05) is 0 Å². The Labute approximate surface area is 121 Å². The van der Waals surface area contributed by atoms with Gasteiger partial charge < -0.3 is 0 Å². The zero-order chi connectivity index (χ0) is 13.8. The highest BCUT2D eigenvalue weighted by atomic mass is 35.5. The third kappa shape index (κ3) is 3.54. The van der Waals surface area contributed by atoms with E-state index in [4.69, 9.17) is 17.4 Å².